The molecule has 1 aliphatic rings. The number of carbonyl (C=O) groups is 2. The number of hydrogen-bond acceptors (Lipinski definition) is 4. The Morgan fingerprint density at radius 3 is 2.57 bits per heavy atom. The first-order chi connectivity index (χ1) is 9.99. The van der Waals surface area contributed by atoms with Crippen LogP contribution >= 0.6 is 0 Å². The molecule has 6 heteroatoms. The summed E-state index contributed by atoms with van der Waals surface area (Å²) in [7, 11) is 3.52. The molecule has 1 saturated heterocycles. The van der Waals surface area contributed by atoms with Gasteiger partial charge in [-0.3, -0.25) is 9.69 Å². The number of nitrogens with one attached hydrogen (secondary N) is 1. The summed E-state index contributed by atoms with van der Waals surface area (Å²) in [6.07, 6.45) is 0. The van der Waals surface area contributed by atoms with Gasteiger partial charge in [0.2, 0.25) is 5.91 Å². The quantitative estimate of drug-likeness (QED) is 0.832. The van der Waals surface area contributed by atoms with E-state index in [9.17, 15) is 9.59 Å². The predicted octanol–water partition coefficient (Wildman–Crippen LogP) is 0.247. The Labute approximate surface area is 124 Å². The first kappa shape index (κ1) is 15.5. The molecule has 0 radical (unpaired) electrons. The molecule has 1 aromatic rings. The highest BCUT2D eigenvalue weighted by atomic mass is 16.4. The van der Waals surface area contributed by atoms with Gasteiger partial charge in [0.25, 0.3) is 0 Å². The Bertz CT molecular complexity index is 513. The van der Waals surface area contributed by atoms with Crippen LogP contribution in [0.25, 0.3) is 0 Å². The number of benzene rings is 1. The van der Waals surface area contributed by atoms with E-state index in [0.29, 0.717) is 13.1 Å². The molecule has 1 atom stereocenters. The van der Waals surface area contributed by atoms with Crippen molar-refractivity contribution in [1.82, 2.24) is 15.1 Å². The van der Waals surface area contributed by atoms with Crippen LogP contribution in [0.15, 0.2) is 24.3 Å². The van der Waals surface area contributed by atoms with Crippen molar-refractivity contribution >= 4 is 11.9 Å². The van der Waals surface area contributed by atoms with Gasteiger partial charge in [-0.15, -0.1) is 0 Å². The highest BCUT2D eigenvalue weighted by Gasteiger charge is 2.29. The van der Waals surface area contributed by atoms with Gasteiger partial charge in [-0.25, -0.2) is 4.79 Å². The zero-order chi connectivity index (χ0) is 15.4. The van der Waals surface area contributed by atoms with Crippen molar-refractivity contribution in [2.75, 3.05) is 33.7 Å². The van der Waals surface area contributed by atoms with Gasteiger partial charge in [-0.05, 0) is 17.7 Å². The maximum Gasteiger partial charge on any atom is 0.335 e. The third-order valence-electron chi connectivity index (χ3n) is 3.67. The van der Waals surface area contributed by atoms with Crippen LogP contribution in [-0.2, 0) is 11.3 Å². The minimum atomic E-state index is -0.926. The number of carboxylic acids is 1. The van der Waals surface area contributed by atoms with E-state index in [1.165, 1.54) is 0 Å². The van der Waals surface area contributed by atoms with E-state index in [0.717, 1.165) is 18.7 Å². The number of aromatic carboxylic acids is 1. The van der Waals surface area contributed by atoms with Gasteiger partial charge in [0.15, 0.2) is 0 Å². The highest BCUT2D eigenvalue weighted by molar-refractivity contribution is 5.87. The van der Waals surface area contributed by atoms with Gasteiger partial charge < -0.3 is 15.3 Å². The van der Waals surface area contributed by atoms with Crippen molar-refractivity contribution in [1.29, 1.82) is 0 Å². The molecular formula is C15H21N3O3. The van der Waals surface area contributed by atoms with Crippen molar-refractivity contribution in [2.45, 2.75) is 12.6 Å². The number of rotatable bonds is 4. The topological polar surface area (TPSA) is 72.9 Å². The lowest BCUT2D eigenvalue weighted by Crippen LogP contribution is -2.57. The molecule has 0 bridgehead atoms. The van der Waals surface area contributed by atoms with Gasteiger partial charge in [-0.2, -0.15) is 0 Å². The molecule has 0 aliphatic carbocycles. The average molecular weight is 291 g/mol. The first-order valence-corrected chi connectivity index (χ1v) is 6.97. The normalized spacial score (nSPS) is 19.2. The summed E-state index contributed by atoms with van der Waals surface area (Å²) in [4.78, 5) is 26.8. The number of carboxylic acid groups (broad SMARTS) is 1. The van der Waals surface area contributed by atoms with Crippen molar-refractivity contribution in [2.24, 2.45) is 0 Å². The molecule has 1 heterocycles. The SMILES string of the molecule is CN(C)C(=O)C1CNCCN1Cc1ccc(C(=O)O)cc1. The molecule has 6 nitrogen and oxygen atoms in total. The third-order valence-corrected chi connectivity index (χ3v) is 3.67. The average Bonchev–Trinajstić information content (AvgIpc) is 2.47. The van der Waals surface area contributed by atoms with Crippen LogP contribution in [0.4, 0.5) is 0 Å². The number of likely N-dealkylation sites (N-methyl/N-ethyl adjacent to an activating group) is 1. The summed E-state index contributed by atoms with van der Waals surface area (Å²) in [6, 6.07) is 6.64. The summed E-state index contributed by atoms with van der Waals surface area (Å²) < 4.78 is 0. The van der Waals surface area contributed by atoms with Crippen molar-refractivity contribution in [3.63, 3.8) is 0 Å². The van der Waals surface area contributed by atoms with Gasteiger partial charge in [-0.1, -0.05) is 12.1 Å². The zero-order valence-corrected chi connectivity index (χ0v) is 12.4. The fourth-order valence-electron chi connectivity index (χ4n) is 2.46. The molecule has 1 fully saturated rings. The van der Waals surface area contributed by atoms with Gasteiger partial charge in [0.05, 0.1) is 5.56 Å². The van der Waals surface area contributed by atoms with Crippen LogP contribution in [-0.4, -0.2) is 66.6 Å². The van der Waals surface area contributed by atoms with Crippen LogP contribution in [0.3, 0.4) is 0 Å². The number of carbonyl (C=O) groups excluding carboxylic acids is 1. The number of nitrogens with zero attached hydrogens (tertiary/aromatic N) is 2. The van der Waals surface area contributed by atoms with Crippen molar-refractivity contribution in [3.05, 3.63) is 35.4 Å². The second-order valence-corrected chi connectivity index (χ2v) is 5.43. The molecule has 2 N–H and O–H groups in total. The monoisotopic (exact) mass is 291 g/mol. The van der Waals surface area contributed by atoms with E-state index in [4.69, 9.17) is 5.11 Å². The third kappa shape index (κ3) is 3.80. The Kier molecular flexibility index (Phi) is 4.93. The fraction of sp³-hybridized carbons (Fsp3) is 0.467. The molecule has 21 heavy (non-hydrogen) atoms. The number of hydrogen-bond donors (Lipinski definition) is 2. The van der Waals surface area contributed by atoms with Crippen LogP contribution in [0.5, 0.6) is 0 Å². The van der Waals surface area contributed by atoms with Crippen LogP contribution in [0, 0.1) is 0 Å². The van der Waals surface area contributed by atoms with Crippen LogP contribution < -0.4 is 5.32 Å². The second kappa shape index (κ2) is 6.69. The summed E-state index contributed by atoms with van der Waals surface area (Å²) >= 11 is 0. The Morgan fingerprint density at radius 2 is 2.00 bits per heavy atom. The van der Waals surface area contributed by atoms with Crippen LogP contribution in [0.2, 0.25) is 0 Å². The summed E-state index contributed by atoms with van der Waals surface area (Å²) in [6.45, 7) is 2.94. The van der Waals surface area contributed by atoms with E-state index >= 15 is 0 Å². The van der Waals surface area contributed by atoms with Gasteiger partial charge in [0.1, 0.15) is 6.04 Å². The molecular weight excluding hydrogens is 270 g/mol. The fourth-order valence-corrected chi connectivity index (χ4v) is 2.46. The lowest BCUT2D eigenvalue weighted by atomic mass is 10.1. The first-order valence-electron chi connectivity index (χ1n) is 6.97. The molecule has 1 unspecified atom stereocenters. The molecule has 114 valence electrons. The minimum absolute atomic E-state index is 0.0874. The van der Waals surface area contributed by atoms with E-state index in [1.54, 1.807) is 31.1 Å². The Balaban J connectivity index is 2.08. The summed E-state index contributed by atoms with van der Waals surface area (Å²) in [5.41, 5.74) is 1.29. The standard InChI is InChI=1S/C15H21N3O3/c1-17(2)14(19)13-9-16-7-8-18(13)10-11-3-5-12(6-4-11)15(20)21/h3-6,13,16H,7-10H2,1-2H3,(H,20,21). The van der Waals surface area contributed by atoms with Crippen LogP contribution in [0.1, 0.15) is 15.9 Å². The molecule has 0 aromatic heterocycles. The molecule has 1 aromatic carbocycles. The van der Waals surface area contributed by atoms with E-state index in [1.807, 2.05) is 12.1 Å². The lowest BCUT2D eigenvalue weighted by molar-refractivity contribution is -0.135. The summed E-state index contributed by atoms with van der Waals surface area (Å²) in [5.74, 6) is -0.839. The number of amides is 1. The maximum absolute atomic E-state index is 12.2. The molecule has 0 saturated carbocycles. The lowest BCUT2D eigenvalue weighted by Gasteiger charge is -2.36. The summed E-state index contributed by atoms with van der Waals surface area (Å²) in [5, 5.41) is 12.1. The predicted molar refractivity (Wildman–Crippen MR) is 79.2 cm³/mol. The van der Waals surface area contributed by atoms with E-state index in [2.05, 4.69) is 10.2 Å². The zero-order valence-electron chi connectivity index (χ0n) is 12.4. The molecule has 1 amide bonds. The second-order valence-electron chi connectivity index (χ2n) is 5.43. The largest absolute Gasteiger partial charge is 0.478 e. The molecule has 1 aliphatic heterocycles. The Hall–Kier alpha value is -1.92. The van der Waals surface area contributed by atoms with Gasteiger partial charge in [0, 0.05) is 40.3 Å². The minimum Gasteiger partial charge on any atom is -0.478 e. The number of piperazine rings is 1. The smallest absolute Gasteiger partial charge is 0.335 e. The molecule has 2 rings (SSSR count). The van der Waals surface area contributed by atoms with E-state index < -0.39 is 5.97 Å². The van der Waals surface area contributed by atoms with Crippen molar-refractivity contribution < 1.29 is 14.7 Å². The Morgan fingerprint density at radius 1 is 1.33 bits per heavy atom. The maximum atomic E-state index is 12.2. The van der Waals surface area contributed by atoms with Gasteiger partial charge >= 0.3 is 5.97 Å². The van der Waals surface area contributed by atoms with Crippen molar-refractivity contribution in [3.8, 4) is 0 Å². The molecule has 0 spiro atoms. The van der Waals surface area contributed by atoms with E-state index in [-0.39, 0.29) is 17.5 Å². The highest BCUT2D eigenvalue weighted by Crippen LogP contribution is 2.13.